The zero-order chi connectivity index (χ0) is 35.2. The Bertz CT molecular complexity index is 1320. The minimum Gasteiger partial charge on any atom is -0.455 e. The fraction of sp³-hybridized carbons (Fsp3) is 0.622. The maximum atomic E-state index is 14.7. The molecule has 1 aromatic rings. The lowest BCUT2D eigenvalue weighted by Gasteiger charge is -2.41. The molecule has 11 heteroatoms. The van der Waals surface area contributed by atoms with Crippen LogP contribution in [-0.2, 0) is 33.4 Å². The van der Waals surface area contributed by atoms with Gasteiger partial charge in [-0.25, -0.2) is 0 Å². The van der Waals surface area contributed by atoms with Gasteiger partial charge in [-0.05, 0) is 44.6 Å². The predicted molar refractivity (Wildman–Crippen MR) is 180 cm³/mol. The first-order valence-electron chi connectivity index (χ1n) is 17.2. The molecule has 3 fully saturated rings. The fourth-order valence-corrected chi connectivity index (χ4v) is 7.79. The Hall–Kier alpha value is -3.54. The second-order valence-corrected chi connectivity index (χ2v) is 13.5. The SMILES string of the molecule is C=CCCC(=O)N[C@H](COC)[C@H](OC(=O)[C@@H]1[C@@H]2CC[C@]3(O2)[C@H](C(=O)N(CC=C)C(C)C)N([C@@H](CO)[C@@H](C)CC)C(=O)[C@@H]13)c1ccccc1. The van der Waals surface area contributed by atoms with Crippen molar-refractivity contribution in [3.05, 3.63) is 61.2 Å². The van der Waals surface area contributed by atoms with Crippen LogP contribution in [0, 0.1) is 17.8 Å². The number of nitrogens with one attached hydrogen (secondary N) is 1. The number of aliphatic hydroxyl groups excluding tert-OH is 1. The van der Waals surface area contributed by atoms with E-state index >= 15 is 0 Å². The number of carbonyl (C=O) groups is 4. The van der Waals surface area contributed by atoms with Crippen molar-refractivity contribution in [3.8, 4) is 0 Å². The summed E-state index contributed by atoms with van der Waals surface area (Å²) in [5, 5.41) is 13.6. The van der Waals surface area contributed by atoms with E-state index in [2.05, 4.69) is 18.5 Å². The van der Waals surface area contributed by atoms with Crippen LogP contribution in [0.4, 0.5) is 0 Å². The number of benzene rings is 1. The van der Waals surface area contributed by atoms with Gasteiger partial charge < -0.3 is 34.4 Å². The summed E-state index contributed by atoms with van der Waals surface area (Å²) in [5.41, 5.74) is -0.609. The Balaban J connectivity index is 1.74. The van der Waals surface area contributed by atoms with Gasteiger partial charge in [-0.2, -0.15) is 0 Å². The van der Waals surface area contributed by atoms with Crippen LogP contribution in [0.5, 0.6) is 0 Å². The molecule has 9 atom stereocenters. The Labute approximate surface area is 284 Å². The van der Waals surface area contributed by atoms with Gasteiger partial charge >= 0.3 is 5.97 Å². The van der Waals surface area contributed by atoms with Crippen molar-refractivity contribution < 1.29 is 38.5 Å². The molecule has 2 N–H and O–H groups in total. The van der Waals surface area contributed by atoms with Gasteiger partial charge in [0, 0.05) is 26.1 Å². The van der Waals surface area contributed by atoms with Crippen LogP contribution in [0.25, 0.3) is 0 Å². The fourth-order valence-electron chi connectivity index (χ4n) is 7.79. The topological polar surface area (TPSA) is 135 Å². The number of methoxy groups -OCH3 is 1. The normalized spacial score (nSPS) is 26.8. The molecule has 1 spiro atoms. The largest absolute Gasteiger partial charge is 0.455 e. The highest BCUT2D eigenvalue weighted by Gasteiger charge is 2.76. The summed E-state index contributed by atoms with van der Waals surface area (Å²) in [7, 11) is 1.50. The van der Waals surface area contributed by atoms with E-state index in [1.165, 1.54) is 12.0 Å². The summed E-state index contributed by atoms with van der Waals surface area (Å²) in [6.07, 6.45) is 3.99. The summed E-state index contributed by atoms with van der Waals surface area (Å²) < 4.78 is 18.4. The van der Waals surface area contributed by atoms with Crippen molar-refractivity contribution in [2.75, 3.05) is 26.9 Å². The van der Waals surface area contributed by atoms with E-state index in [-0.39, 0.29) is 55.9 Å². The van der Waals surface area contributed by atoms with Gasteiger partial charge in [-0.3, -0.25) is 19.2 Å². The van der Waals surface area contributed by atoms with Gasteiger partial charge in [0.15, 0.2) is 0 Å². The third kappa shape index (κ3) is 7.09. The van der Waals surface area contributed by atoms with E-state index in [0.29, 0.717) is 31.2 Å². The number of hydrogen-bond acceptors (Lipinski definition) is 8. The highest BCUT2D eigenvalue weighted by Crippen LogP contribution is 2.59. The van der Waals surface area contributed by atoms with Gasteiger partial charge in [0.1, 0.15) is 17.7 Å². The van der Waals surface area contributed by atoms with Crippen molar-refractivity contribution >= 4 is 23.7 Å². The zero-order valence-corrected chi connectivity index (χ0v) is 29.0. The standard InChI is InChI=1S/C37H53N3O8/c1-8-11-17-29(42)38-26(22-46-7)32(25-15-13-12-14-16-25)47-36(45)30-28-18-19-37(48-28)31(30)34(43)40(27(21-41)24(6)10-3)33(37)35(44)39(20-9-2)23(4)5/h8-9,12-16,23-24,26-28,30-33,41H,1-2,10-11,17-22H2,3-7H3,(H,38,42)/t24-,26+,27-,28-,30+,31+,32+,33-,37+/m0/s1. The quantitative estimate of drug-likeness (QED) is 0.179. The smallest absolute Gasteiger partial charge is 0.313 e. The lowest BCUT2D eigenvalue weighted by Crippen LogP contribution is -2.60. The highest BCUT2D eigenvalue weighted by molar-refractivity contribution is 5.98. The molecule has 11 nitrogen and oxygen atoms in total. The molecule has 0 saturated carbocycles. The number of rotatable bonds is 18. The molecule has 1 aromatic carbocycles. The van der Waals surface area contributed by atoms with E-state index in [4.69, 9.17) is 14.2 Å². The number of fused-ring (bicyclic) bond motifs is 1. The lowest BCUT2D eigenvalue weighted by atomic mass is 9.70. The van der Waals surface area contributed by atoms with Gasteiger partial charge in [0.25, 0.3) is 0 Å². The second-order valence-electron chi connectivity index (χ2n) is 13.5. The van der Waals surface area contributed by atoms with Gasteiger partial charge in [-0.15, -0.1) is 13.2 Å². The van der Waals surface area contributed by atoms with Crippen molar-refractivity contribution in [2.24, 2.45) is 17.8 Å². The molecule has 2 bridgehead atoms. The number of likely N-dealkylation sites (tertiary alicyclic amines) is 1. The monoisotopic (exact) mass is 667 g/mol. The van der Waals surface area contributed by atoms with Crippen molar-refractivity contribution in [1.82, 2.24) is 15.1 Å². The molecule has 0 radical (unpaired) electrons. The summed E-state index contributed by atoms with van der Waals surface area (Å²) >= 11 is 0. The molecule has 3 aliphatic rings. The molecule has 48 heavy (non-hydrogen) atoms. The molecule has 3 heterocycles. The van der Waals surface area contributed by atoms with Crippen LogP contribution in [-0.4, -0.2) is 101 Å². The Morgan fingerprint density at radius 1 is 1.19 bits per heavy atom. The summed E-state index contributed by atoms with van der Waals surface area (Å²) in [6.45, 7) is 15.2. The van der Waals surface area contributed by atoms with E-state index in [9.17, 15) is 24.3 Å². The van der Waals surface area contributed by atoms with E-state index in [0.717, 1.165) is 0 Å². The molecule has 3 saturated heterocycles. The van der Waals surface area contributed by atoms with E-state index in [1.54, 1.807) is 17.1 Å². The Morgan fingerprint density at radius 2 is 1.90 bits per heavy atom. The number of allylic oxidation sites excluding steroid dienone is 1. The van der Waals surface area contributed by atoms with Crippen LogP contribution in [0.1, 0.15) is 71.5 Å². The number of amides is 3. The first-order valence-corrected chi connectivity index (χ1v) is 17.2. The molecule has 0 aliphatic carbocycles. The summed E-state index contributed by atoms with van der Waals surface area (Å²) in [5.74, 6) is -3.65. The van der Waals surface area contributed by atoms with E-state index in [1.807, 2.05) is 58.0 Å². The summed E-state index contributed by atoms with van der Waals surface area (Å²) in [6, 6.07) is 6.51. The van der Waals surface area contributed by atoms with Crippen LogP contribution in [0.2, 0.25) is 0 Å². The average molecular weight is 668 g/mol. The number of nitrogens with zero attached hydrogens (tertiary/aromatic N) is 2. The lowest BCUT2D eigenvalue weighted by molar-refractivity contribution is -0.164. The van der Waals surface area contributed by atoms with E-state index < -0.39 is 53.7 Å². The molecular formula is C37H53N3O8. The number of hydrogen-bond donors (Lipinski definition) is 2. The first kappa shape index (κ1) is 37.3. The number of esters is 1. The van der Waals surface area contributed by atoms with Crippen LogP contribution < -0.4 is 5.32 Å². The van der Waals surface area contributed by atoms with Gasteiger partial charge in [-0.1, -0.05) is 62.8 Å². The average Bonchev–Trinajstić information content (AvgIpc) is 3.72. The molecule has 0 aromatic heterocycles. The third-order valence-corrected chi connectivity index (χ3v) is 10.3. The summed E-state index contributed by atoms with van der Waals surface area (Å²) in [4.78, 5) is 59.6. The van der Waals surface area contributed by atoms with Crippen molar-refractivity contribution in [3.63, 3.8) is 0 Å². The predicted octanol–water partition coefficient (Wildman–Crippen LogP) is 3.57. The molecule has 3 amide bonds. The zero-order valence-electron chi connectivity index (χ0n) is 29.0. The van der Waals surface area contributed by atoms with Crippen molar-refractivity contribution in [2.45, 2.75) is 102 Å². The maximum absolute atomic E-state index is 14.7. The molecule has 4 rings (SSSR count). The van der Waals surface area contributed by atoms with Gasteiger partial charge in [0.05, 0.1) is 43.2 Å². The van der Waals surface area contributed by atoms with Crippen LogP contribution in [0.15, 0.2) is 55.6 Å². The minimum atomic E-state index is -1.26. The van der Waals surface area contributed by atoms with Gasteiger partial charge in [0.2, 0.25) is 17.7 Å². The van der Waals surface area contributed by atoms with Crippen LogP contribution in [0.3, 0.4) is 0 Å². The molecular weight excluding hydrogens is 614 g/mol. The molecule has 3 aliphatic heterocycles. The number of ether oxygens (including phenoxy) is 3. The highest BCUT2D eigenvalue weighted by atomic mass is 16.6. The van der Waals surface area contributed by atoms with Crippen molar-refractivity contribution in [1.29, 1.82) is 0 Å². The molecule has 264 valence electrons. The second kappa shape index (κ2) is 16.2. The third-order valence-electron chi connectivity index (χ3n) is 10.3. The number of aliphatic hydroxyl groups is 1. The Morgan fingerprint density at radius 3 is 2.48 bits per heavy atom. The minimum absolute atomic E-state index is 0.0648. The molecule has 0 unspecified atom stereocenters. The number of carbonyl (C=O) groups excluding carboxylic acids is 4. The Kier molecular flexibility index (Phi) is 12.6. The van der Waals surface area contributed by atoms with Crippen LogP contribution >= 0.6 is 0 Å². The first-order chi connectivity index (χ1) is 23.0. The maximum Gasteiger partial charge on any atom is 0.313 e.